The first kappa shape index (κ1) is 30.2. The van der Waals surface area contributed by atoms with Crippen LogP contribution in [-0.2, 0) is 22.6 Å². The molecule has 6 aromatic rings. The number of imidazole rings is 1. The van der Waals surface area contributed by atoms with Crippen LogP contribution in [0.5, 0.6) is 11.5 Å². The molecule has 1 saturated heterocycles. The number of ether oxygens (including phenoxy) is 3. The van der Waals surface area contributed by atoms with Crippen LogP contribution in [0.25, 0.3) is 11.0 Å². The molecule has 7 rings (SSSR count). The lowest BCUT2D eigenvalue weighted by Crippen LogP contribution is -2.32. The average molecular weight is 627 g/mol. The van der Waals surface area contributed by atoms with Crippen LogP contribution < -0.4 is 15.4 Å². The fraction of sp³-hybridized carbons (Fsp3) is 0.158. The highest BCUT2D eigenvalue weighted by molar-refractivity contribution is 5.99. The maximum atomic E-state index is 12.9. The van der Waals surface area contributed by atoms with Gasteiger partial charge in [-0.25, -0.2) is 9.78 Å². The summed E-state index contributed by atoms with van der Waals surface area (Å²) in [6.07, 6.45) is 1.39. The van der Waals surface area contributed by atoms with Crippen molar-refractivity contribution in [2.24, 2.45) is 0 Å². The van der Waals surface area contributed by atoms with E-state index in [1.807, 2.05) is 103 Å². The smallest absolute Gasteiger partial charge is 0.323 e. The number of anilines is 2. The van der Waals surface area contributed by atoms with E-state index in [2.05, 4.69) is 26.3 Å². The van der Waals surface area contributed by atoms with Gasteiger partial charge in [0.25, 0.3) is 0 Å². The molecule has 1 aliphatic rings. The zero-order valence-electron chi connectivity index (χ0n) is 25.5. The molecule has 3 atom stereocenters. The van der Waals surface area contributed by atoms with Crippen LogP contribution in [0.15, 0.2) is 134 Å². The molecule has 0 spiro atoms. The predicted molar refractivity (Wildman–Crippen MR) is 180 cm³/mol. The highest BCUT2D eigenvalue weighted by Gasteiger charge is 2.33. The number of hydrogen-bond donors (Lipinski definition) is 3. The van der Waals surface area contributed by atoms with Crippen LogP contribution in [0, 0.1) is 0 Å². The Labute approximate surface area is 272 Å². The number of amides is 2. The molecule has 3 unspecified atom stereocenters. The van der Waals surface area contributed by atoms with Crippen molar-refractivity contribution in [3.63, 3.8) is 0 Å². The van der Waals surface area contributed by atoms with Crippen molar-refractivity contribution in [2.45, 2.75) is 38.1 Å². The van der Waals surface area contributed by atoms with Crippen LogP contribution in [0.2, 0.25) is 0 Å². The van der Waals surface area contributed by atoms with Gasteiger partial charge in [0.15, 0.2) is 6.29 Å². The number of carbonyl (C=O) groups is 1. The van der Waals surface area contributed by atoms with Crippen LogP contribution >= 0.6 is 0 Å². The third kappa shape index (κ3) is 7.34. The van der Waals surface area contributed by atoms with E-state index < -0.39 is 6.29 Å². The molecule has 2 amide bonds. The van der Waals surface area contributed by atoms with E-state index in [-0.39, 0.29) is 24.8 Å². The zero-order valence-corrected chi connectivity index (χ0v) is 25.5. The number of aliphatic hydroxyl groups excluding tert-OH is 1. The first-order chi connectivity index (χ1) is 23.1. The minimum absolute atomic E-state index is 0.0186. The lowest BCUT2D eigenvalue weighted by molar-refractivity contribution is -0.252. The summed E-state index contributed by atoms with van der Waals surface area (Å²) in [4.78, 5) is 17.5. The SMILES string of the molecule is O=C(Nc1ccc(Oc2ccccc2)cc1)Nc1cccc(C2OC(Cn3cnc4ccccc43)CC(c3ccc(CO)cc3)O2)c1. The molecule has 3 N–H and O–H groups in total. The van der Waals surface area contributed by atoms with Gasteiger partial charge in [-0.1, -0.05) is 66.7 Å². The summed E-state index contributed by atoms with van der Waals surface area (Å²) in [7, 11) is 0. The third-order valence-corrected chi connectivity index (χ3v) is 8.05. The number of benzene rings is 5. The van der Waals surface area contributed by atoms with E-state index >= 15 is 0 Å². The number of fused-ring (bicyclic) bond motifs is 1. The Hall–Kier alpha value is -5.48. The van der Waals surface area contributed by atoms with E-state index in [9.17, 15) is 9.90 Å². The Kier molecular flexibility index (Phi) is 8.92. The quantitative estimate of drug-likeness (QED) is 0.149. The van der Waals surface area contributed by atoms with Crippen molar-refractivity contribution in [1.82, 2.24) is 9.55 Å². The topological polar surface area (TPSA) is 107 Å². The van der Waals surface area contributed by atoms with Gasteiger partial charge in [0.05, 0.1) is 42.7 Å². The van der Waals surface area contributed by atoms with Crippen molar-refractivity contribution in [2.75, 3.05) is 10.6 Å². The number of carbonyl (C=O) groups excluding carboxylic acids is 1. The van der Waals surface area contributed by atoms with Crippen molar-refractivity contribution in [3.05, 3.63) is 150 Å². The molecule has 1 aliphatic heterocycles. The molecule has 9 nitrogen and oxygen atoms in total. The molecule has 1 fully saturated rings. The molecule has 2 heterocycles. The van der Waals surface area contributed by atoms with Gasteiger partial charge in [-0.15, -0.1) is 0 Å². The summed E-state index contributed by atoms with van der Waals surface area (Å²) in [5.74, 6) is 1.41. The molecular weight excluding hydrogens is 592 g/mol. The number of nitrogens with one attached hydrogen (secondary N) is 2. The summed E-state index contributed by atoms with van der Waals surface area (Å²) in [5, 5.41) is 15.3. The molecule has 0 saturated carbocycles. The summed E-state index contributed by atoms with van der Waals surface area (Å²) < 4.78 is 21.0. The van der Waals surface area contributed by atoms with Gasteiger partial charge in [0, 0.05) is 23.4 Å². The number of hydrogen-bond acceptors (Lipinski definition) is 6. The van der Waals surface area contributed by atoms with Crippen LogP contribution in [-0.4, -0.2) is 26.8 Å². The van der Waals surface area contributed by atoms with E-state index in [1.165, 1.54) is 0 Å². The van der Waals surface area contributed by atoms with Crippen LogP contribution in [0.1, 0.15) is 35.5 Å². The molecule has 47 heavy (non-hydrogen) atoms. The Bertz CT molecular complexity index is 1940. The average Bonchev–Trinajstić information content (AvgIpc) is 3.52. The van der Waals surface area contributed by atoms with E-state index in [1.54, 1.807) is 24.3 Å². The number of para-hydroxylation sites is 3. The normalized spacial score (nSPS) is 17.7. The van der Waals surface area contributed by atoms with Crippen molar-refractivity contribution >= 4 is 28.4 Å². The molecule has 5 aromatic carbocycles. The number of nitrogens with zero attached hydrogens (tertiary/aromatic N) is 2. The maximum absolute atomic E-state index is 12.9. The second kappa shape index (κ2) is 13.9. The minimum atomic E-state index is -0.673. The fourth-order valence-electron chi connectivity index (χ4n) is 5.70. The highest BCUT2D eigenvalue weighted by atomic mass is 16.7. The van der Waals surface area contributed by atoms with Gasteiger partial charge in [0.1, 0.15) is 11.5 Å². The molecule has 1 aromatic heterocycles. The number of aromatic nitrogens is 2. The largest absolute Gasteiger partial charge is 0.457 e. The molecule has 9 heteroatoms. The van der Waals surface area contributed by atoms with E-state index in [4.69, 9.17) is 14.2 Å². The maximum Gasteiger partial charge on any atom is 0.323 e. The van der Waals surface area contributed by atoms with Gasteiger partial charge in [0.2, 0.25) is 0 Å². The van der Waals surface area contributed by atoms with Gasteiger partial charge in [-0.2, -0.15) is 0 Å². The summed E-state index contributed by atoms with van der Waals surface area (Å²) >= 11 is 0. The highest BCUT2D eigenvalue weighted by Crippen LogP contribution is 2.39. The molecule has 236 valence electrons. The lowest BCUT2D eigenvalue weighted by Gasteiger charge is -2.36. The monoisotopic (exact) mass is 626 g/mol. The van der Waals surface area contributed by atoms with Gasteiger partial charge >= 0.3 is 6.03 Å². The van der Waals surface area contributed by atoms with Crippen LogP contribution in [0.3, 0.4) is 0 Å². The third-order valence-electron chi connectivity index (χ3n) is 8.05. The van der Waals surface area contributed by atoms with Crippen molar-refractivity contribution in [3.8, 4) is 11.5 Å². The minimum Gasteiger partial charge on any atom is -0.457 e. The number of urea groups is 1. The fourth-order valence-corrected chi connectivity index (χ4v) is 5.70. The first-order valence-electron chi connectivity index (χ1n) is 15.5. The van der Waals surface area contributed by atoms with Gasteiger partial charge < -0.3 is 34.5 Å². The molecular formula is C38H34N4O5. The standard InChI is InChI=1S/C38H34N4O5/c43-24-26-13-15-27(16-14-26)36-22-33(23-42-25-39-34-11-4-5-12-35(34)42)46-37(47-36)28-7-6-8-30(21-28)41-38(44)40-29-17-19-32(20-18-29)45-31-9-2-1-3-10-31/h1-21,25,33,36-37,43H,22-24H2,(H2,40,41,44). The Balaban J connectivity index is 1.05. The first-order valence-corrected chi connectivity index (χ1v) is 15.5. The lowest BCUT2D eigenvalue weighted by atomic mass is 10.00. The Morgan fingerprint density at radius 3 is 2.34 bits per heavy atom. The summed E-state index contributed by atoms with van der Waals surface area (Å²) in [5.41, 5.74) is 5.82. The summed E-state index contributed by atoms with van der Waals surface area (Å²) in [6, 6.07) is 39.6. The predicted octanol–water partition coefficient (Wildman–Crippen LogP) is 8.21. The second-order valence-corrected chi connectivity index (χ2v) is 11.4. The number of aliphatic hydroxyl groups is 1. The van der Waals surface area contributed by atoms with Crippen molar-refractivity contribution < 1.29 is 24.1 Å². The second-order valence-electron chi connectivity index (χ2n) is 11.4. The Morgan fingerprint density at radius 1 is 0.787 bits per heavy atom. The van der Waals surface area contributed by atoms with E-state index in [0.717, 1.165) is 33.5 Å². The van der Waals surface area contributed by atoms with Crippen LogP contribution in [0.4, 0.5) is 16.2 Å². The molecule has 0 aliphatic carbocycles. The molecule has 0 radical (unpaired) electrons. The number of rotatable bonds is 9. The zero-order chi connectivity index (χ0) is 32.0. The Morgan fingerprint density at radius 2 is 1.53 bits per heavy atom. The van der Waals surface area contributed by atoms with Crippen molar-refractivity contribution in [1.29, 1.82) is 0 Å². The summed E-state index contributed by atoms with van der Waals surface area (Å²) in [6.45, 7) is 0.580. The van der Waals surface area contributed by atoms with E-state index in [0.29, 0.717) is 30.1 Å². The molecule has 0 bridgehead atoms. The van der Waals surface area contributed by atoms with Gasteiger partial charge in [-0.05, 0) is 71.8 Å². The van der Waals surface area contributed by atoms with Gasteiger partial charge in [-0.3, -0.25) is 0 Å².